The van der Waals surface area contributed by atoms with Crippen LogP contribution in [0.1, 0.15) is 6.92 Å². The van der Waals surface area contributed by atoms with Crippen molar-refractivity contribution in [2.45, 2.75) is 6.92 Å². The van der Waals surface area contributed by atoms with E-state index in [9.17, 15) is 0 Å². The maximum absolute atomic E-state index is 5.03. The van der Waals surface area contributed by atoms with Crippen molar-refractivity contribution in [2.24, 2.45) is 43.3 Å². The van der Waals surface area contributed by atoms with Gasteiger partial charge in [-0.15, -0.1) is 10.2 Å². The van der Waals surface area contributed by atoms with Crippen molar-refractivity contribution in [2.75, 3.05) is 0 Å². The van der Waals surface area contributed by atoms with Gasteiger partial charge in [0, 0.05) is 0 Å². The van der Waals surface area contributed by atoms with E-state index in [0.717, 1.165) is 0 Å². The first-order chi connectivity index (χ1) is 8.02. The summed E-state index contributed by atoms with van der Waals surface area (Å²) >= 11 is -3.06. The first-order valence-corrected chi connectivity index (χ1v) is 15.0. The van der Waals surface area contributed by atoms with Gasteiger partial charge in [0.2, 0.25) is 11.9 Å². The molecule has 0 aliphatic heterocycles. The van der Waals surface area contributed by atoms with Crippen LogP contribution >= 0.6 is 37.7 Å². The van der Waals surface area contributed by atoms with Crippen molar-refractivity contribution in [1.82, 2.24) is 0 Å². The van der Waals surface area contributed by atoms with Gasteiger partial charge in [0.25, 0.3) is 0 Å². The first-order valence-electron chi connectivity index (χ1n) is 3.75. The fraction of sp³-hybridized carbons (Fsp3) is 0.200. The Morgan fingerprint density at radius 2 is 1.28 bits per heavy atom. The van der Waals surface area contributed by atoms with Crippen LogP contribution in [0.15, 0.2) is 20.4 Å². The van der Waals surface area contributed by atoms with E-state index in [-0.39, 0.29) is 11.9 Å². The third kappa shape index (κ3) is 29.6. The summed E-state index contributed by atoms with van der Waals surface area (Å²) in [5, 5.41) is 13.8. The Balaban J connectivity index is 0. The summed E-state index contributed by atoms with van der Waals surface area (Å²) < 4.78 is 0. The van der Waals surface area contributed by atoms with E-state index in [1.165, 1.54) is 6.21 Å². The zero-order valence-corrected chi connectivity index (χ0v) is 14.3. The van der Waals surface area contributed by atoms with Gasteiger partial charge in [0.05, 0.1) is 11.9 Å². The molecule has 0 radical (unpaired) electrons. The van der Waals surface area contributed by atoms with Gasteiger partial charge in [0.15, 0.2) is 0 Å². The molecule has 0 bridgehead atoms. The third-order valence-electron chi connectivity index (χ3n) is 0.741. The van der Waals surface area contributed by atoms with Crippen molar-refractivity contribution in [3.63, 3.8) is 0 Å². The molecule has 0 unspecified atom stereocenters. The normalized spacial score (nSPS) is 12.4. The molecule has 0 aliphatic carbocycles. The average molecular weight is 521 g/mol. The Kier molecular flexibility index (Phi) is 11.8. The van der Waals surface area contributed by atoms with Gasteiger partial charge in [-0.1, -0.05) is 0 Å². The second-order valence-corrected chi connectivity index (χ2v) is 22.0. The van der Waals surface area contributed by atoms with Gasteiger partial charge < -0.3 is 22.9 Å². The van der Waals surface area contributed by atoms with E-state index in [1.54, 1.807) is 6.92 Å². The SMILES string of the molecule is CC(/C=N/N=C(N)N)=N\N=C(N)N.[Cl][Pt]([Cl])([Cl])[Cl]. The number of nitrogens with zero attached hydrogens (tertiary/aromatic N) is 4. The zero-order valence-electron chi connectivity index (χ0n) is 9.00. The van der Waals surface area contributed by atoms with Crippen LogP contribution in [0.25, 0.3) is 0 Å². The van der Waals surface area contributed by atoms with Gasteiger partial charge >= 0.3 is 49.6 Å². The van der Waals surface area contributed by atoms with E-state index in [2.05, 4.69) is 20.4 Å². The molecule has 13 heteroatoms. The van der Waals surface area contributed by atoms with Gasteiger partial charge in [-0.25, -0.2) is 0 Å². The molecule has 0 rings (SSSR count). The molecule has 0 fully saturated rings. The van der Waals surface area contributed by atoms with Gasteiger partial charge in [-0.3, -0.25) is 0 Å². The maximum atomic E-state index is 5.03. The average Bonchev–Trinajstić information content (AvgIpc) is 2.11. The molecular formula is C5H12Cl4N8Pt. The fourth-order valence-electron chi connectivity index (χ4n) is 0.342. The van der Waals surface area contributed by atoms with Crippen LogP contribution in [-0.4, -0.2) is 23.8 Å². The predicted molar refractivity (Wildman–Crippen MR) is 76.6 cm³/mol. The summed E-state index contributed by atoms with van der Waals surface area (Å²) in [5.74, 6) is -0.263. The summed E-state index contributed by atoms with van der Waals surface area (Å²) in [5.41, 5.74) is 20.5. The molecule has 0 aromatic heterocycles. The molecule has 0 aliphatic rings. The molecule has 0 atom stereocenters. The molecule has 0 spiro atoms. The second-order valence-electron chi connectivity index (χ2n) is 2.31. The van der Waals surface area contributed by atoms with Gasteiger partial charge in [0.1, 0.15) is 0 Å². The van der Waals surface area contributed by atoms with Crippen molar-refractivity contribution >= 4 is 61.5 Å². The minimum absolute atomic E-state index is 0.130. The molecule has 8 N–H and O–H groups in total. The van der Waals surface area contributed by atoms with Crippen LogP contribution in [-0.2, 0) is 11.9 Å². The monoisotopic (exact) mass is 519 g/mol. The van der Waals surface area contributed by atoms with E-state index in [0.29, 0.717) is 5.71 Å². The summed E-state index contributed by atoms with van der Waals surface area (Å²) in [4.78, 5) is 0. The molecule has 18 heavy (non-hydrogen) atoms. The van der Waals surface area contributed by atoms with E-state index in [4.69, 9.17) is 60.6 Å². The topological polar surface area (TPSA) is 154 Å². The number of hydrogen-bond acceptors (Lipinski definition) is 4. The van der Waals surface area contributed by atoms with Crippen LogP contribution in [0.4, 0.5) is 0 Å². The number of hydrogen-bond donors (Lipinski definition) is 4. The molecule has 0 aromatic rings. The quantitative estimate of drug-likeness (QED) is 0.245. The van der Waals surface area contributed by atoms with Crippen LogP contribution in [0.3, 0.4) is 0 Å². The Morgan fingerprint density at radius 3 is 1.61 bits per heavy atom. The molecule has 110 valence electrons. The molecular weight excluding hydrogens is 509 g/mol. The second kappa shape index (κ2) is 10.6. The number of halogens is 4. The molecule has 0 heterocycles. The minimum atomic E-state index is -3.06. The van der Waals surface area contributed by atoms with Crippen LogP contribution < -0.4 is 22.9 Å². The fourth-order valence-corrected chi connectivity index (χ4v) is 0.342. The van der Waals surface area contributed by atoms with Crippen molar-refractivity contribution in [3.8, 4) is 0 Å². The van der Waals surface area contributed by atoms with E-state index in [1.807, 2.05) is 0 Å². The standard InChI is InChI=1S/C5H12N8.4ClH.Pt/c1-3(11-13-5(8)9)2-10-12-4(6)7;;;;;/h2H,1H3,(H4,6,7,12)(H4,8,9,13);4*1H;/q;;;;;+4/p-4/b10-2+,11-3+;;;;;. The molecule has 0 aromatic carbocycles. The number of rotatable bonds is 3. The summed E-state index contributed by atoms with van der Waals surface area (Å²) in [6.07, 6.45) is 1.31. The van der Waals surface area contributed by atoms with Crippen molar-refractivity contribution < 1.29 is 11.9 Å². The summed E-state index contributed by atoms with van der Waals surface area (Å²) in [6, 6.07) is 0. The van der Waals surface area contributed by atoms with Gasteiger partial charge in [-0.2, -0.15) is 10.2 Å². The van der Waals surface area contributed by atoms with Crippen molar-refractivity contribution in [1.29, 1.82) is 0 Å². The molecule has 0 saturated heterocycles. The Bertz CT molecular complexity index is 345. The number of guanidine groups is 2. The Morgan fingerprint density at radius 1 is 0.889 bits per heavy atom. The van der Waals surface area contributed by atoms with E-state index < -0.39 is 11.9 Å². The summed E-state index contributed by atoms with van der Waals surface area (Å²) in [6.45, 7) is 1.64. The molecule has 0 saturated carbocycles. The Hall–Kier alpha value is -0.272. The summed E-state index contributed by atoms with van der Waals surface area (Å²) in [7, 11) is 20.0. The van der Waals surface area contributed by atoms with Crippen molar-refractivity contribution in [3.05, 3.63) is 0 Å². The van der Waals surface area contributed by atoms with Crippen LogP contribution in [0.2, 0.25) is 0 Å². The zero-order chi connectivity index (χ0) is 14.8. The van der Waals surface area contributed by atoms with E-state index >= 15 is 0 Å². The molecule has 0 amide bonds. The first kappa shape index (κ1) is 20.1. The van der Waals surface area contributed by atoms with Gasteiger partial charge in [-0.05, 0) is 6.92 Å². The van der Waals surface area contributed by atoms with Crippen LogP contribution in [0, 0.1) is 0 Å². The third-order valence-corrected chi connectivity index (χ3v) is 0.741. The Labute approximate surface area is 123 Å². The predicted octanol–water partition coefficient (Wildman–Crippen LogP) is 0.650. The number of nitrogens with two attached hydrogens (primary N) is 4. The molecule has 8 nitrogen and oxygen atoms in total. The van der Waals surface area contributed by atoms with Crippen LogP contribution in [0.5, 0.6) is 0 Å².